The number of nitrogens with one attached hydrogen (secondary N) is 1. The van der Waals surface area contributed by atoms with Crippen LogP contribution in [-0.4, -0.2) is 23.0 Å². The van der Waals surface area contributed by atoms with Gasteiger partial charge in [0.15, 0.2) is 0 Å². The molecule has 0 unspecified atom stereocenters. The average molecular weight is 232 g/mol. The number of urea groups is 1. The molecule has 3 nitrogen and oxygen atoms in total. The van der Waals surface area contributed by atoms with Crippen molar-refractivity contribution in [1.29, 1.82) is 0 Å². The van der Waals surface area contributed by atoms with Crippen LogP contribution >= 0.6 is 0 Å². The smallest absolute Gasteiger partial charge is 0.318 e. The largest absolute Gasteiger partial charge is 0.334 e. The molecular weight excluding hydrogens is 212 g/mol. The molecule has 0 spiro atoms. The van der Waals surface area contributed by atoms with Gasteiger partial charge in [0.1, 0.15) is 0 Å². The summed E-state index contributed by atoms with van der Waals surface area (Å²) in [4.78, 5) is 14.0. The minimum atomic E-state index is 0.000765. The monoisotopic (exact) mass is 232 g/mol. The first kappa shape index (κ1) is 12.0. The van der Waals surface area contributed by atoms with Gasteiger partial charge in [-0.2, -0.15) is 0 Å². The highest BCUT2D eigenvalue weighted by molar-refractivity contribution is 5.75. The van der Waals surface area contributed by atoms with Crippen LogP contribution < -0.4 is 5.32 Å². The van der Waals surface area contributed by atoms with Crippen LogP contribution in [0.5, 0.6) is 0 Å². The first-order valence-corrected chi connectivity index (χ1v) is 6.19. The van der Waals surface area contributed by atoms with E-state index in [2.05, 4.69) is 19.2 Å². The third-order valence-corrected chi connectivity index (χ3v) is 3.43. The number of nitrogens with zero attached hydrogens (tertiary/aromatic N) is 1. The van der Waals surface area contributed by atoms with Crippen molar-refractivity contribution in [1.82, 2.24) is 10.2 Å². The molecule has 0 aromatic heterocycles. The highest BCUT2D eigenvalue weighted by atomic mass is 16.2. The SMILES string of the molecule is CC1(C)CCCN1C(=O)NCc1ccccc1. The average Bonchev–Trinajstić information content (AvgIpc) is 2.67. The minimum absolute atomic E-state index is 0.000765. The third kappa shape index (κ3) is 2.78. The quantitative estimate of drug-likeness (QED) is 0.835. The first-order chi connectivity index (χ1) is 8.09. The van der Waals surface area contributed by atoms with Crippen LogP contribution in [0, 0.1) is 0 Å². The van der Waals surface area contributed by atoms with Crippen molar-refractivity contribution in [3.05, 3.63) is 35.9 Å². The summed E-state index contributed by atoms with van der Waals surface area (Å²) in [5.74, 6) is 0. The normalized spacial score (nSPS) is 18.1. The van der Waals surface area contributed by atoms with Gasteiger partial charge in [-0.3, -0.25) is 0 Å². The zero-order valence-corrected chi connectivity index (χ0v) is 10.6. The van der Waals surface area contributed by atoms with E-state index in [1.807, 2.05) is 35.2 Å². The zero-order valence-electron chi connectivity index (χ0n) is 10.6. The van der Waals surface area contributed by atoms with Crippen molar-refractivity contribution in [2.24, 2.45) is 0 Å². The Hall–Kier alpha value is -1.51. The van der Waals surface area contributed by atoms with E-state index in [0.29, 0.717) is 6.54 Å². The number of hydrogen-bond donors (Lipinski definition) is 1. The maximum atomic E-state index is 12.0. The van der Waals surface area contributed by atoms with Gasteiger partial charge in [0.25, 0.3) is 0 Å². The van der Waals surface area contributed by atoms with E-state index in [0.717, 1.165) is 24.9 Å². The Bertz CT molecular complexity index is 386. The Morgan fingerprint density at radius 3 is 2.65 bits per heavy atom. The van der Waals surface area contributed by atoms with E-state index in [-0.39, 0.29) is 11.6 Å². The third-order valence-electron chi connectivity index (χ3n) is 3.43. The van der Waals surface area contributed by atoms with Crippen LogP contribution in [0.4, 0.5) is 4.79 Å². The summed E-state index contributed by atoms with van der Waals surface area (Å²) in [6.07, 6.45) is 2.19. The summed E-state index contributed by atoms with van der Waals surface area (Å²) in [6, 6.07) is 10.1. The van der Waals surface area contributed by atoms with Crippen molar-refractivity contribution >= 4 is 6.03 Å². The maximum Gasteiger partial charge on any atom is 0.318 e. The van der Waals surface area contributed by atoms with Crippen LogP contribution in [-0.2, 0) is 6.54 Å². The van der Waals surface area contributed by atoms with Crippen molar-refractivity contribution < 1.29 is 4.79 Å². The molecule has 2 rings (SSSR count). The number of rotatable bonds is 2. The lowest BCUT2D eigenvalue weighted by Crippen LogP contribution is -2.47. The van der Waals surface area contributed by atoms with Crippen LogP contribution in [0.15, 0.2) is 30.3 Å². The fraction of sp³-hybridized carbons (Fsp3) is 0.500. The Kier molecular flexibility index (Phi) is 3.36. The molecule has 0 saturated carbocycles. The molecule has 0 bridgehead atoms. The molecule has 92 valence electrons. The molecule has 17 heavy (non-hydrogen) atoms. The van der Waals surface area contributed by atoms with Crippen molar-refractivity contribution in [2.75, 3.05) is 6.54 Å². The zero-order chi connectivity index (χ0) is 12.3. The van der Waals surface area contributed by atoms with Gasteiger partial charge in [-0.25, -0.2) is 4.79 Å². The summed E-state index contributed by atoms with van der Waals surface area (Å²) in [5.41, 5.74) is 1.14. The Morgan fingerprint density at radius 2 is 2.06 bits per heavy atom. The molecule has 1 heterocycles. The number of amides is 2. The molecule has 3 heteroatoms. The summed E-state index contributed by atoms with van der Waals surface area (Å²) in [5, 5.41) is 2.98. The Labute approximate surface area is 103 Å². The van der Waals surface area contributed by atoms with E-state index in [1.54, 1.807) is 0 Å². The molecular formula is C14H20N2O. The second-order valence-electron chi connectivity index (χ2n) is 5.21. The second kappa shape index (κ2) is 4.78. The molecule has 1 saturated heterocycles. The number of carbonyl (C=O) groups excluding carboxylic acids is 1. The van der Waals surface area contributed by atoms with Gasteiger partial charge < -0.3 is 10.2 Å². The fourth-order valence-corrected chi connectivity index (χ4v) is 2.35. The van der Waals surface area contributed by atoms with Gasteiger partial charge in [0, 0.05) is 18.6 Å². The van der Waals surface area contributed by atoms with Crippen molar-refractivity contribution in [3.8, 4) is 0 Å². The van der Waals surface area contributed by atoms with Gasteiger partial charge in [0.2, 0.25) is 0 Å². The molecule has 1 aromatic rings. The van der Waals surface area contributed by atoms with E-state index < -0.39 is 0 Å². The van der Waals surface area contributed by atoms with Crippen molar-refractivity contribution in [2.45, 2.75) is 38.8 Å². The minimum Gasteiger partial charge on any atom is -0.334 e. The number of hydrogen-bond acceptors (Lipinski definition) is 1. The molecule has 1 N–H and O–H groups in total. The van der Waals surface area contributed by atoms with Gasteiger partial charge in [0.05, 0.1) is 0 Å². The molecule has 2 amide bonds. The Morgan fingerprint density at radius 1 is 1.35 bits per heavy atom. The number of benzene rings is 1. The summed E-state index contributed by atoms with van der Waals surface area (Å²) < 4.78 is 0. The van der Waals surface area contributed by atoms with Crippen LogP contribution in [0.3, 0.4) is 0 Å². The van der Waals surface area contributed by atoms with Gasteiger partial charge >= 0.3 is 6.03 Å². The lowest BCUT2D eigenvalue weighted by Gasteiger charge is -2.31. The summed E-state index contributed by atoms with van der Waals surface area (Å²) >= 11 is 0. The van der Waals surface area contributed by atoms with Crippen molar-refractivity contribution in [3.63, 3.8) is 0 Å². The van der Waals surface area contributed by atoms with Gasteiger partial charge in [-0.1, -0.05) is 30.3 Å². The predicted molar refractivity (Wildman–Crippen MR) is 68.7 cm³/mol. The molecule has 1 aliphatic heterocycles. The van der Waals surface area contributed by atoms with E-state index in [4.69, 9.17) is 0 Å². The standard InChI is InChI=1S/C14H20N2O/c1-14(2)9-6-10-16(14)13(17)15-11-12-7-4-3-5-8-12/h3-5,7-8H,6,9-11H2,1-2H3,(H,15,17). The lowest BCUT2D eigenvalue weighted by atomic mass is 10.0. The highest BCUT2D eigenvalue weighted by Crippen LogP contribution is 2.27. The molecule has 1 aliphatic rings. The van der Waals surface area contributed by atoms with Gasteiger partial charge in [-0.15, -0.1) is 0 Å². The fourth-order valence-electron chi connectivity index (χ4n) is 2.35. The van der Waals surface area contributed by atoms with Gasteiger partial charge in [-0.05, 0) is 32.3 Å². The second-order valence-corrected chi connectivity index (χ2v) is 5.21. The first-order valence-electron chi connectivity index (χ1n) is 6.19. The predicted octanol–water partition coefficient (Wildman–Crippen LogP) is 2.77. The number of likely N-dealkylation sites (tertiary alicyclic amines) is 1. The maximum absolute atomic E-state index is 12.0. The van der Waals surface area contributed by atoms with E-state index in [1.165, 1.54) is 0 Å². The van der Waals surface area contributed by atoms with E-state index >= 15 is 0 Å². The molecule has 0 radical (unpaired) electrons. The summed E-state index contributed by atoms with van der Waals surface area (Å²) in [7, 11) is 0. The highest BCUT2D eigenvalue weighted by Gasteiger charge is 2.35. The van der Waals surface area contributed by atoms with Crippen LogP contribution in [0.1, 0.15) is 32.3 Å². The molecule has 0 atom stereocenters. The van der Waals surface area contributed by atoms with Crippen LogP contribution in [0.25, 0.3) is 0 Å². The lowest BCUT2D eigenvalue weighted by molar-refractivity contribution is 0.165. The number of carbonyl (C=O) groups is 1. The van der Waals surface area contributed by atoms with Crippen LogP contribution in [0.2, 0.25) is 0 Å². The molecule has 1 fully saturated rings. The van der Waals surface area contributed by atoms with E-state index in [9.17, 15) is 4.79 Å². The Balaban J connectivity index is 1.90. The summed E-state index contributed by atoms with van der Waals surface area (Å²) in [6.45, 7) is 5.73. The molecule has 0 aliphatic carbocycles. The molecule has 1 aromatic carbocycles. The topological polar surface area (TPSA) is 32.3 Å².